The molecule has 2 heterocycles. The lowest BCUT2D eigenvalue weighted by molar-refractivity contribution is -0.132. The number of carbonyl (C=O) groups excluding carboxylic acids is 2. The van der Waals surface area contributed by atoms with Gasteiger partial charge in [0.15, 0.2) is 0 Å². The smallest absolute Gasteiger partial charge is 0.273 e. The molecule has 0 aliphatic carbocycles. The van der Waals surface area contributed by atoms with Crippen LogP contribution in [0.1, 0.15) is 15.5 Å². The second kappa shape index (κ2) is 6.12. The number of aromatic nitrogens is 1. The largest absolute Gasteiger partial charge is 0.339 e. The van der Waals surface area contributed by atoms with E-state index in [0.29, 0.717) is 18.8 Å². The van der Waals surface area contributed by atoms with Crippen molar-refractivity contribution in [3.05, 3.63) is 16.1 Å². The fourth-order valence-electron chi connectivity index (χ4n) is 1.95. The number of thiazole rings is 1. The normalized spacial score (nSPS) is 15.4. The van der Waals surface area contributed by atoms with E-state index in [0.717, 1.165) is 18.1 Å². The van der Waals surface area contributed by atoms with E-state index in [9.17, 15) is 9.59 Å². The summed E-state index contributed by atoms with van der Waals surface area (Å²) in [5.41, 5.74) is 0.415. The van der Waals surface area contributed by atoms with Crippen molar-refractivity contribution >= 4 is 23.2 Å². The van der Waals surface area contributed by atoms with Gasteiger partial charge in [-0.3, -0.25) is 9.59 Å². The number of hydrogen-bond acceptors (Lipinski definition) is 5. The minimum atomic E-state index is -0.201. The van der Waals surface area contributed by atoms with E-state index >= 15 is 0 Å². The van der Waals surface area contributed by atoms with Gasteiger partial charge in [0.1, 0.15) is 5.69 Å². The Balaban J connectivity index is 1.91. The zero-order valence-corrected chi connectivity index (χ0v) is 12.0. The van der Waals surface area contributed by atoms with Gasteiger partial charge in [0.25, 0.3) is 5.91 Å². The third-order valence-electron chi connectivity index (χ3n) is 3.03. The molecule has 1 N–H and O–H groups in total. The molecule has 0 saturated carbocycles. The Bertz CT molecular complexity index is 468. The summed E-state index contributed by atoms with van der Waals surface area (Å²) < 4.78 is 0. The first kappa shape index (κ1) is 14.0. The van der Waals surface area contributed by atoms with Gasteiger partial charge in [-0.05, 0) is 6.92 Å². The lowest BCUT2D eigenvalue weighted by Gasteiger charge is -2.29. The summed E-state index contributed by atoms with van der Waals surface area (Å²) in [4.78, 5) is 31.5. The molecule has 0 aromatic carbocycles. The number of piperazine rings is 1. The first-order valence-corrected chi connectivity index (χ1v) is 7.12. The highest BCUT2D eigenvalue weighted by atomic mass is 32.1. The molecule has 1 aliphatic heterocycles. The van der Waals surface area contributed by atoms with Crippen LogP contribution in [0, 0.1) is 6.92 Å². The molecule has 0 unspecified atom stereocenters. The summed E-state index contributed by atoms with van der Waals surface area (Å²) >= 11 is 1.43. The van der Waals surface area contributed by atoms with Crippen LogP contribution in [-0.2, 0) is 4.79 Å². The van der Waals surface area contributed by atoms with Gasteiger partial charge in [-0.1, -0.05) is 0 Å². The molecular weight excluding hydrogens is 264 g/mol. The van der Waals surface area contributed by atoms with Crippen LogP contribution in [0.4, 0.5) is 0 Å². The second-order valence-corrected chi connectivity index (χ2v) is 5.61. The number of amides is 2. The van der Waals surface area contributed by atoms with Gasteiger partial charge in [-0.15, -0.1) is 11.3 Å². The van der Waals surface area contributed by atoms with E-state index in [2.05, 4.69) is 10.3 Å². The molecule has 0 atom stereocenters. The zero-order chi connectivity index (χ0) is 13.8. The maximum Gasteiger partial charge on any atom is 0.273 e. The van der Waals surface area contributed by atoms with Crippen LogP contribution in [0.5, 0.6) is 0 Å². The van der Waals surface area contributed by atoms with Crippen LogP contribution < -0.4 is 5.32 Å². The fraction of sp³-hybridized carbons (Fsp3) is 0.583. The van der Waals surface area contributed by atoms with Crippen LogP contribution in [0.25, 0.3) is 0 Å². The van der Waals surface area contributed by atoms with Gasteiger partial charge >= 0.3 is 0 Å². The number of aryl methyl sites for hydroxylation is 1. The first-order valence-electron chi connectivity index (χ1n) is 6.24. The molecule has 104 valence electrons. The quantitative estimate of drug-likeness (QED) is 0.844. The number of nitrogens with zero attached hydrogens (tertiary/aromatic N) is 3. The second-order valence-electron chi connectivity index (χ2n) is 4.54. The molecule has 7 heteroatoms. The predicted molar refractivity (Wildman–Crippen MR) is 73.3 cm³/mol. The summed E-state index contributed by atoms with van der Waals surface area (Å²) in [5, 5.41) is 5.77. The maximum atomic E-state index is 12.1. The highest BCUT2D eigenvalue weighted by molar-refractivity contribution is 7.09. The number of likely N-dealkylation sites (N-methyl/N-ethyl adjacent to an activating group) is 1. The molecule has 1 fully saturated rings. The van der Waals surface area contributed by atoms with Crippen molar-refractivity contribution in [2.24, 2.45) is 0 Å². The summed E-state index contributed by atoms with van der Waals surface area (Å²) in [7, 11) is 1.64. The van der Waals surface area contributed by atoms with Crippen LogP contribution in [0.2, 0.25) is 0 Å². The molecule has 0 bridgehead atoms. The third-order valence-corrected chi connectivity index (χ3v) is 3.80. The lowest BCUT2D eigenvalue weighted by atomic mass is 10.3. The molecule has 1 aromatic heterocycles. The standard InChI is InChI=1S/C12H18N4O2S/c1-9-14-10(8-19-9)12(18)15(2)7-11(17)16-5-3-13-4-6-16/h8,13H,3-7H2,1-2H3. The predicted octanol–water partition coefficient (Wildman–Crippen LogP) is -0.0447. The van der Waals surface area contributed by atoms with Gasteiger partial charge in [-0.25, -0.2) is 4.98 Å². The van der Waals surface area contributed by atoms with Crippen molar-refractivity contribution in [3.63, 3.8) is 0 Å². The molecule has 2 rings (SSSR count). The number of hydrogen-bond donors (Lipinski definition) is 1. The Labute approximate surface area is 116 Å². The van der Waals surface area contributed by atoms with Crippen molar-refractivity contribution < 1.29 is 9.59 Å². The number of rotatable bonds is 3. The highest BCUT2D eigenvalue weighted by Gasteiger charge is 2.21. The monoisotopic (exact) mass is 282 g/mol. The van der Waals surface area contributed by atoms with E-state index in [1.54, 1.807) is 17.3 Å². The van der Waals surface area contributed by atoms with Crippen molar-refractivity contribution in [2.45, 2.75) is 6.92 Å². The highest BCUT2D eigenvalue weighted by Crippen LogP contribution is 2.10. The molecule has 0 spiro atoms. The maximum absolute atomic E-state index is 12.1. The van der Waals surface area contributed by atoms with Gasteiger partial charge in [-0.2, -0.15) is 0 Å². The Hall–Kier alpha value is -1.47. The van der Waals surface area contributed by atoms with Gasteiger partial charge in [0, 0.05) is 38.6 Å². The van der Waals surface area contributed by atoms with E-state index in [4.69, 9.17) is 0 Å². The first-order chi connectivity index (χ1) is 9.08. The van der Waals surface area contributed by atoms with Crippen LogP contribution in [0.3, 0.4) is 0 Å². The van der Waals surface area contributed by atoms with Crippen LogP contribution in [-0.4, -0.2) is 66.4 Å². The van der Waals surface area contributed by atoms with E-state index in [-0.39, 0.29) is 18.4 Å². The van der Waals surface area contributed by atoms with Crippen molar-refractivity contribution in [1.82, 2.24) is 20.1 Å². The van der Waals surface area contributed by atoms with Crippen LogP contribution >= 0.6 is 11.3 Å². The third kappa shape index (κ3) is 3.51. The fourth-order valence-corrected chi connectivity index (χ4v) is 2.53. The van der Waals surface area contributed by atoms with E-state index in [1.807, 2.05) is 6.92 Å². The molecule has 0 radical (unpaired) electrons. The Morgan fingerprint density at radius 2 is 2.16 bits per heavy atom. The average molecular weight is 282 g/mol. The molecular formula is C12H18N4O2S. The van der Waals surface area contributed by atoms with Gasteiger partial charge in [0.2, 0.25) is 5.91 Å². The summed E-state index contributed by atoms with van der Waals surface area (Å²) in [5.74, 6) is -0.211. The van der Waals surface area contributed by atoms with Crippen molar-refractivity contribution in [2.75, 3.05) is 39.8 Å². The molecule has 1 aromatic rings. The minimum absolute atomic E-state index is 0.00991. The Kier molecular flexibility index (Phi) is 4.49. The van der Waals surface area contributed by atoms with E-state index < -0.39 is 0 Å². The Morgan fingerprint density at radius 1 is 1.47 bits per heavy atom. The average Bonchev–Trinajstić information content (AvgIpc) is 2.85. The van der Waals surface area contributed by atoms with Gasteiger partial charge in [0.05, 0.1) is 11.6 Å². The minimum Gasteiger partial charge on any atom is -0.339 e. The molecule has 1 saturated heterocycles. The molecule has 19 heavy (non-hydrogen) atoms. The molecule has 6 nitrogen and oxygen atoms in total. The lowest BCUT2D eigenvalue weighted by Crippen LogP contribution is -2.49. The summed E-state index contributed by atoms with van der Waals surface area (Å²) in [6.07, 6.45) is 0. The number of carbonyl (C=O) groups is 2. The summed E-state index contributed by atoms with van der Waals surface area (Å²) in [6.45, 7) is 5.00. The molecule has 2 amide bonds. The molecule has 1 aliphatic rings. The topological polar surface area (TPSA) is 65.5 Å². The van der Waals surface area contributed by atoms with Crippen LogP contribution in [0.15, 0.2) is 5.38 Å². The Morgan fingerprint density at radius 3 is 2.74 bits per heavy atom. The summed E-state index contributed by atoms with van der Waals surface area (Å²) in [6, 6.07) is 0. The number of nitrogens with one attached hydrogen (secondary N) is 1. The SMILES string of the molecule is Cc1nc(C(=O)N(C)CC(=O)N2CCNCC2)cs1. The van der Waals surface area contributed by atoms with Gasteiger partial charge < -0.3 is 15.1 Å². The van der Waals surface area contributed by atoms with E-state index in [1.165, 1.54) is 16.2 Å². The zero-order valence-electron chi connectivity index (χ0n) is 11.2. The van der Waals surface area contributed by atoms with Crippen molar-refractivity contribution in [1.29, 1.82) is 0 Å². The van der Waals surface area contributed by atoms with Crippen molar-refractivity contribution in [3.8, 4) is 0 Å².